The van der Waals surface area contributed by atoms with E-state index in [0.717, 1.165) is 17.8 Å². The van der Waals surface area contributed by atoms with Gasteiger partial charge < -0.3 is 10.5 Å². The van der Waals surface area contributed by atoms with Crippen molar-refractivity contribution < 1.29 is 9.53 Å². The van der Waals surface area contributed by atoms with Crippen LogP contribution in [0.25, 0.3) is 0 Å². The molecule has 1 rings (SSSR count). The third kappa shape index (κ3) is 6.66. The van der Waals surface area contributed by atoms with Crippen molar-refractivity contribution in [2.75, 3.05) is 12.4 Å². The summed E-state index contributed by atoms with van der Waals surface area (Å²) in [4.78, 5) is 11.6. The number of carbonyl (C=O) groups is 1. The zero-order valence-electron chi connectivity index (χ0n) is 15.9. The molecule has 0 radical (unpaired) electrons. The van der Waals surface area contributed by atoms with Gasteiger partial charge in [-0.1, -0.05) is 34.6 Å². The van der Waals surface area contributed by atoms with Crippen LogP contribution in [0.15, 0.2) is 0 Å². The molecule has 0 saturated heterocycles. The first kappa shape index (κ1) is 20.8. The zero-order chi connectivity index (χ0) is 17.6. The summed E-state index contributed by atoms with van der Waals surface area (Å²) in [6, 6.07) is -0.492. The molecule has 0 amide bonds. The molecule has 5 atom stereocenters. The van der Waals surface area contributed by atoms with Crippen molar-refractivity contribution >= 4 is 17.7 Å². The molecule has 1 saturated carbocycles. The van der Waals surface area contributed by atoms with Crippen LogP contribution in [0, 0.1) is 23.2 Å². The lowest BCUT2D eigenvalue weighted by molar-refractivity contribution is -0.144. The van der Waals surface area contributed by atoms with Crippen LogP contribution in [0.5, 0.6) is 0 Å². The van der Waals surface area contributed by atoms with E-state index in [1.54, 1.807) is 11.8 Å². The highest BCUT2D eigenvalue weighted by atomic mass is 32.2. The third-order valence-electron chi connectivity index (χ3n) is 5.37. The molecule has 4 heteroatoms. The SMILES string of the molecule is CCOC(=O)C(N)CSC(C)CCC1C(C)CC(C)CC1(C)C. The lowest BCUT2D eigenvalue weighted by atomic mass is 9.60. The number of rotatable bonds is 8. The standard InChI is InChI=1S/C19H37NO2S/c1-7-22-18(21)17(20)12-23-15(4)8-9-16-14(3)10-13(2)11-19(16,5)6/h13-17H,7-12,20H2,1-6H3. The number of hydrogen-bond donors (Lipinski definition) is 1. The van der Waals surface area contributed by atoms with Gasteiger partial charge in [-0.3, -0.25) is 4.79 Å². The Kier molecular flexibility index (Phi) is 8.43. The minimum atomic E-state index is -0.492. The summed E-state index contributed by atoms with van der Waals surface area (Å²) < 4.78 is 4.97. The van der Waals surface area contributed by atoms with Crippen LogP contribution in [-0.2, 0) is 9.53 Å². The van der Waals surface area contributed by atoms with E-state index in [1.807, 2.05) is 6.92 Å². The molecule has 0 heterocycles. The van der Waals surface area contributed by atoms with Gasteiger partial charge in [-0.05, 0) is 55.8 Å². The van der Waals surface area contributed by atoms with Crippen LogP contribution in [0.3, 0.4) is 0 Å². The van der Waals surface area contributed by atoms with Crippen LogP contribution < -0.4 is 5.73 Å². The van der Waals surface area contributed by atoms with E-state index >= 15 is 0 Å². The molecule has 0 aromatic rings. The van der Waals surface area contributed by atoms with Crippen LogP contribution in [0.2, 0.25) is 0 Å². The Bertz CT molecular complexity index is 372. The molecule has 5 unspecified atom stereocenters. The minimum absolute atomic E-state index is 0.275. The Morgan fingerprint density at radius 1 is 1.39 bits per heavy atom. The van der Waals surface area contributed by atoms with Crippen LogP contribution in [0.1, 0.15) is 67.2 Å². The Morgan fingerprint density at radius 2 is 2.04 bits per heavy atom. The van der Waals surface area contributed by atoms with Crippen molar-refractivity contribution in [3.63, 3.8) is 0 Å². The highest BCUT2D eigenvalue weighted by Gasteiger charge is 2.39. The molecule has 1 aliphatic carbocycles. The first-order chi connectivity index (χ1) is 10.7. The monoisotopic (exact) mass is 343 g/mol. The normalized spacial score (nSPS) is 29.8. The molecule has 1 fully saturated rings. The molecule has 3 nitrogen and oxygen atoms in total. The Morgan fingerprint density at radius 3 is 2.61 bits per heavy atom. The fraction of sp³-hybridized carbons (Fsp3) is 0.947. The molecule has 1 aliphatic rings. The maximum absolute atomic E-state index is 11.6. The summed E-state index contributed by atoms with van der Waals surface area (Å²) in [7, 11) is 0. The molecular formula is C19H37NO2S. The lowest BCUT2D eigenvalue weighted by Gasteiger charge is -2.46. The van der Waals surface area contributed by atoms with Crippen molar-refractivity contribution in [2.45, 2.75) is 78.5 Å². The molecule has 136 valence electrons. The maximum atomic E-state index is 11.6. The van der Waals surface area contributed by atoms with Crippen molar-refractivity contribution in [1.82, 2.24) is 0 Å². The Balaban J connectivity index is 2.37. The van der Waals surface area contributed by atoms with Crippen LogP contribution >= 0.6 is 11.8 Å². The van der Waals surface area contributed by atoms with Gasteiger partial charge in [0.2, 0.25) is 0 Å². The van der Waals surface area contributed by atoms with Gasteiger partial charge in [0.1, 0.15) is 6.04 Å². The topological polar surface area (TPSA) is 52.3 Å². The second kappa shape index (κ2) is 9.31. The fourth-order valence-electron chi connectivity index (χ4n) is 4.46. The Labute approximate surface area is 147 Å². The van der Waals surface area contributed by atoms with Gasteiger partial charge in [0.25, 0.3) is 0 Å². The van der Waals surface area contributed by atoms with Gasteiger partial charge in [-0.2, -0.15) is 11.8 Å². The maximum Gasteiger partial charge on any atom is 0.323 e. The average Bonchev–Trinajstić information content (AvgIpc) is 2.42. The van der Waals surface area contributed by atoms with E-state index in [4.69, 9.17) is 10.5 Å². The van der Waals surface area contributed by atoms with E-state index < -0.39 is 6.04 Å². The van der Waals surface area contributed by atoms with E-state index in [2.05, 4.69) is 34.6 Å². The highest BCUT2D eigenvalue weighted by Crippen LogP contribution is 2.48. The van der Waals surface area contributed by atoms with Gasteiger partial charge in [0.05, 0.1) is 6.61 Å². The number of thioether (sulfide) groups is 1. The first-order valence-electron chi connectivity index (χ1n) is 9.21. The number of esters is 1. The molecule has 0 aromatic carbocycles. The summed E-state index contributed by atoms with van der Waals surface area (Å²) >= 11 is 1.80. The second-order valence-electron chi connectivity index (χ2n) is 8.20. The van der Waals surface area contributed by atoms with Crippen LogP contribution in [0.4, 0.5) is 0 Å². The molecule has 23 heavy (non-hydrogen) atoms. The van der Waals surface area contributed by atoms with Crippen molar-refractivity contribution in [1.29, 1.82) is 0 Å². The smallest absolute Gasteiger partial charge is 0.323 e. The second-order valence-corrected chi connectivity index (χ2v) is 9.67. The van der Waals surface area contributed by atoms with Crippen molar-refractivity contribution in [3.05, 3.63) is 0 Å². The van der Waals surface area contributed by atoms with Crippen molar-refractivity contribution in [3.8, 4) is 0 Å². The molecule has 0 bridgehead atoms. The number of hydrogen-bond acceptors (Lipinski definition) is 4. The largest absolute Gasteiger partial charge is 0.465 e. The summed E-state index contributed by atoms with van der Waals surface area (Å²) in [6.07, 6.45) is 5.19. The molecule has 0 aliphatic heterocycles. The predicted octanol–water partition coefficient (Wildman–Crippen LogP) is 4.49. The first-order valence-corrected chi connectivity index (χ1v) is 10.3. The number of nitrogens with two attached hydrogens (primary N) is 1. The Hall–Kier alpha value is -0.220. The van der Waals surface area contributed by atoms with Crippen molar-refractivity contribution in [2.24, 2.45) is 28.9 Å². The quantitative estimate of drug-likeness (QED) is 0.660. The molecule has 2 N–H and O–H groups in total. The van der Waals surface area contributed by atoms with Gasteiger partial charge in [0.15, 0.2) is 0 Å². The minimum Gasteiger partial charge on any atom is -0.465 e. The lowest BCUT2D eigenvalue weighted by Crippen LogP contribution is -2.37. The summed E-state index contributed by atoms with van der Waals surface area (Å²) in [5.41, 5.74) is 6.32. The van der Waals surface area contributed by atoms with E-state index in [1.165, 1.54) is 25.7 Å². The summed E-state index contributed by atoms with van der Waals surface area (Å²) in [6.45, 7) is 14.2. The van der Waals surface area contributed by atoms with E-state index in [0.29, 0.717) is 23.0 Å². The molecule has 0 aromatic heterocycles. The highest BCUT2D eigenvalue weighted by molar-refractivity contribution is 7.99. The van der Waals surface area contributed by atoms with Gasteiger partial charge in [0, 0.05) is 11.0 Å². The summed E-state index contributed by atoms with van der Waals surface area (Å²) in [5, 5.41) is 0.540. The number of carbonyl (C=O) groups excluding carboxylic acids is 1. The predicted molar refractivity (Wildman–Crippen MR) is 101 cm³/mol. The number of ether oxygens (including phenoxy) is 1. The fourth-order valence-corrected chi connectivity index (χ4v) is 5.43. The molecule has 0 spiro atoms. The van der Waals surface area contributed by atoms with Gasteiger partial charge in [-0.15, -0.1) is 0 Å². The summed E-state index contributed by atoms with van der Waals surface area (Å²) in [5.74, 6) is 2.85. The van der Waals surface area contributed by atoms with E-state index in [-0.39, 0.29) is 5.97 Å². The van der Waals surface area contributed by atoms with E-state index in [9.17, 15) is 4.79 Å². The third-order valence-corrected chi connectivity index (χ3v) is 6.73. The van der Waals surface area contributed by atoms with Gasteiger partial charge >= 0.3 is 5.97 Å². The van der Waals surface area contributed by atoms with Crippen LogP contribution in [-0.4, -0.2) is 29.6 Å². The zero-order valence-corrected chi connectivity index (χ0v) is 16.7. The molecular weight excluding hydrogens is 306 g/mol. The van der Waals surface area contributed by atoms with Gasteiger partial charge in [-0.25, -0.2) is 0 Å². The average molecular weight is 344 g/mol.